The summed E-state index contributed by atoms with van der Waals surface area (Å²) < 4.78 is 13.0. The van der Waals surface area contributed by atoms with E-state index in [1.165, 1.54) is 29.7 Å². The third-order valence-corrected chi connectivity index (χ3v) is 4.96. The number of carbonyl (C=O) groups is 1. The Hall–Kier alpha value is -2.92. The van der Waals surface area contributed by atoms with E-state index in [-0.39, 0.29) is 17.3 Å². The van der Waals surface area contributed by atoms with Crippen LogP contribution in [0.2, 0.25) is 0 Å². The highest BCUT2D eigenvalue weighted by Gasteiger charge is 2.24. The van der Waals surface area contributed by atoms with Crippen molar-refractivity contribution in [2.45, 2.75) is 6.92 Å². The monoisotopic (exact) mass is 371 g/mol. The van der Waals surface area contributed by atoms with Gasteiger partial charge in [0.2, 0.25) is 0 Å². The van der Waals surface area contributed by atoms with Crippen molar-refractivity contribution in [3.8, 4) is 6.07 Å². The minimum Gasteiger partial charge on any atom is -0.368 e. The Morgan fingerprint density at radius 3 is 2.58 bits per heavy atom. The molecule has 3 rings (SSSR count). The number of nitrogens with zero attached hydrogens (tertiary/aromatic N) is 4. The van der Waals surface area contributed by atoms with Gasteiger partial charge in [0.25, 0.3) is 5.91 Å². The number of anilines is 2. The summed E-state index contributed by atoms with van der Waals surface area (Å²) in [7, 11) is 0. The number of aromatic nitrogens is 1. The summed E-state index contributed by atoms with van der Waals surface area (Å²) >= 11 is 1.41. The highest BCUT2D eigenvalue weighted by molar-refractivity contribution is 7.13. The minimum absolute atomic E-state index is 0.0492. The summed E-state index contributed by atoms with van der Waals surface area (Å²) in [5.74, 6) is -0.568. The summed E-state index contributed by atoms with van der Waals surface area (Å²) in [5.41, 5.74) is 1.86. The van der Waals surface area contributed by atoms with E-state index in [1.54, 1.807) is 17.0 Å². The van der Waals surface area contributed by atoms with Gasteiger partial charge < -0.3 is 15.1 Å². The fourth-order valence-electron chi connectivity index (χ4n) is 2.69. The van der Waals surface area contributed by atoms with Gasteiger partial charge >= 0.3 is 0 Å². The Morgan fingerprint density at radius 2 is 2.00 bits per heavy atom. The van der Waals surface area contributed by atoms with Gasteiger partial charge in [-0.05, 0) is 31.2 Å². The van der Waals surface area contributed by atoms with E-state index in [1.807, 2.05) is 18.4 Å². The van der Waals surface area contributed by atoms with Gasteiger partial charge in [-0.2, -0.15) is 5.26 Å². The maximum atomic E-state index is 13.0. The first-order chi connectivity index (χ1) is 12.6. The number of nitrogens with one attached hydrogen (secondary N) is 1. The second-order valence-corrected chi connectivity index (χ2v) is 6.72. The van der Waals surface area contributed by atoms with E-state index in [0.29, 0.717) is 31.3 Å². The molecule has 0 atom stereocenters. The second-order valence-electron chi connectivity index (χ2n) is 5.86. The quantitative estimate of drug-likeness (QED) is 0.661. The van der Waals surface area contributed by atoms with Crippen LogP contribution in [0, 0.1) is 24.1 Å². The Bertz CT molecular complexity index is 847. The Kier molecular flexibility index (Phi) is 5.49. The molecule has 6 nitrogen and oxygen atoms in total. The van der Waals surface area contributed by atoms with Crippen LogP contribution < -0.4 is 10.2 Å². The van der Waals surface area contributed by atoms with Crippen LogP contribution in [-0.4, -0.2) is 42.0 Å². The molecule has 0 aliphatic carbocycles. The highest BCUT2D eigenvalue weighted by Crippen LogP contribution is 2.18. The van der Waals surface area contributed by atoms with Crippen LogP contribution >= 0.6 is 11.3 Å². The van der Waals surface area contributed by atoms with Crippen molar-refractivity contribution in [3.05, 3.63) is 52.9 Å². The second kappa shape index (κ2) is 7.97. The Morgan fingerprint density at radius 1 is 1.31 bits per heavy atom. The van der Waals surface area contributed by atoms with E-state index < -0.39 is 0 Å². The largest absolute Gasteiger partial charge is 0.368 e. The maximum absolute atomic E-state index is 13.0. The minimum atomic E-state index is -0.299. The van der Waals surface area contributed by atoms with Gasteiger partial charge in [-0.1, -0.05) is 0 Å². The predicted molar refractivity (Wildman–Crippen MR) is 99.4 cm³/mol. The zero-order chi connectivity index (χ0) is 18.5. The Balaban J connectivity index is 1.59. The van der Waals surface area contributed by atoms with Crippen LogP contribution in [0.4, 0.5) is 15.2 Å². The molecule has 1 N–H and O–H groups in total. The molecule has 134 valence electrons. The van der Waals surface area contributed by atoms with Crippen molar-refractivity contribution in [1.29, 1.82) is 5.26 Å². The van der Waals surface area contributed by atoms with Crippen LogP contribution in [0.3, 0.4) is 0 Å². The molecule has 1 amide bonds. The molecule has 0 bridgehead atoms. The van der Waals surface area contributed by atoms with Gasteiger partial charge in [-0.15, -0.1) is 11.3 Å². The van der Waals surface area contributed by atoms with Gasteiger partial charge in [0.05, 0.1) is 5.69 Å². The van der Waals surface area contributed by atoms with E-state index in [2.05, 4.69) is 15.2 Å². The van der Waals surface area contributed by atoms with Crippen molar-refractivity contribution in [1.82, 2.24) is 9.88 Å². The Labute approximate surface area is 155 Å². The van der Waals surface area contributed by atoms with Gasteiger partial charge in [0.1, 0.15) is 17.5 Å². The molecule has 1 aliphatic heterocycles. The van der Waals surface area contributed by atoms with Gasteiger partial charge in [-0.3, -0.25) is 4.79 Å². The fourth-order valence-corrected chi connectivity index (χ4v) is 3.34. The molecule has 0 spiro atoms. The average molecular weight is 371 g/mol. The summed E-state index contributed by atoms with van der Waals surface area (Å²) in [4.78, 5) is 20.5. The molecule has 1 aromatic carbocycles. The lowest BCUT2D eigenvalue weighted by atomic mass is 10.2. The van der Waals surface area contributed by atoms with Crippen LogP contribution in [0.25, 0.3) is 0 Å². The standard InChI is InChI=1S/C18H18FN5OS/c1-13-12-26-18(22-13)21-11-14(10-20)17(25)24-8-6-23(7-9-24)16-4-2-15(19)3-5-16/h2-5,11-12H,6-9H2,1H3,(H,21,22)/b14-11-. The van der Waals surface area contributed by atoms with Crippen molar-refractivity contribution >= 4 is 28.1 Å². The lowest BCUT2D eigenvalue weighted by molar-refractivity contribution is -0.127. The molecule has 8 heteroatoms. The number of hydrogen-bond donors (Lipinski definition) is 1. The van der Waals surface area contributed by atoms with Crippen LogP contribution in [0.5, 0.6) is 0 Å². The molecule has 2 heterocycles. The SMILES string of the molecule is Cc1csc(N/C=C(/C#N)C(=O)N2CCN(c3ccc(F)cc3)CC2)n1. The van der Waals surface area contributed by atoms with Crippen molar-refractivity contribution in [3.63, 3.8) is 0 Å². The number of carbonyl (C=O) groups excluding carboxylic acids is 1. The third kappa shape index (κ3) is 4.18. The van der Waals surface area contributed by atoms with Gasteiger partial charge in [0.15, 0.2) is 5.13 Å². The molecule has 1 fully saturated rings. The van der Waals surface area contributed by atoms with Crippen LogP contribution in [-0.2, 0) is 4.79 Å². The van der Waals surface area contributed by atoms with Crippen LogP contribution in [0.1, 0.15) is 5.69 Å². The van der Waals surface area contributed by atoms with E-state index in [9.17, 15) is 14.4 Å². The molecule has 1 aromatic heterocycles. The van der Waals surface area contributed by atoms with Crippen LogP contribution in [0.15, 0.2) is 41.4 Å². The number of rotatable bonds is 4. The summed E-state index contributed by atoms with van der Waals surface area (Å²) in [6.45, 7) is 4.16. The summed E-state index contributed by atoms with van der Waals surface area (Å²) in [5, 5.41) is 14.7. The lowest BCUT2D eigenvalue weighted by Crippen LogP contribution is -2.49. The highest BCUT2D eigenvalue weighted by atomic mass is 32.1. The smallest absolute Gasteiger partial charge is 0.266 e. The summed E-state index contributed by atoms with van der Waals surface area (Å²) in [6, 6.07) is 8.27. The first kappa shape index (κ1) is 17.9. The lowest BCUT2D eigenvalue weighted by Gasteiger charge is -2.36. The topological polar surface area (TPSA) is 72.3 Å². The van der Waals surface area contributed by atoms with E-state index in [0.717, 1.165) is 11.4 Å². The van der Waals surface area contributed by atoms with E-state index >= 15 is 0 Å². The summed E-state index contributed by atoms with van der Waals surface area (Å²) in [6.07, 6.45) is 1.41. The molecule has 0 saturated carbocycles. The number of hydrogen-bond acceptors (Lipinski definition) is 6. The van der Waals surface area contributed by atoms with Crippen molar-refractivity contribution in [2.24, 2.45) is 0 Å². The molecular weight excluding hydrogens is 353 g/mol. The zero-order valence-corrected chi connectivity index (χ0v) is 15.1. The molecule has 1 aliphatic rings. The van der Waals surface area contributed by atoms with Gasteiger partial charge in [0, 0.05) is 43.4 Å². The number of benzene rings is 1. The molecule has 0 radical (unpaired) electrons. The zero-order valence-electron chi connectivity index (χ0n) is 14.3. The molecule has 26 heavy (non-hydrogen) atoms. The van der Waals surface area contributed by atoms with Crippen molar-refractivity contribution < 1.29 is 9.18 Å². The number of halogens is 1. The molecule has 2 aromatic rings. The predicted octanol–water partition coefficient (Wildman–Crippen LogP) is 2.76. The molecular formula is C18H18FN5OS. The third-order valence-electron chi connectivity index (χ3n) is 4.07. The number of amides is 1. The maximum Gasteiger partial charge on any atom is 0.266 e. The molecule has 0 unspecified atom stereocenters. The number of nitriles is 1. The average Bonchev–Trinajstić information content (AvgIpc) is 3.08. The number of piperazine rings is 1. The fraction of sp³-hybridized carbons (Fsp3) is 0.278. The number of aryl methyl sites for hydroxylation is 1. The molecule has 1 saturated heterocycles. The van der Waals surface area contributed by atoms with Crippen molar-refractivity contribution in [2.75, 3.05) is 36.4 Å². The number of thiazole rings is 1. The normalized spacial score (nSPS) is 14.9. The first-order valence-electron chi connectivity index (χ1n) is 8.15. The van der Waals surface area contributed by atoms with E-state index in [4.69, 9.17) is 0 Å². The van der Waals surface area contributed by atoms with Gasteiger partial charge in [-0.25, -0.2) is 9.37 Å². The first-order valence-corrected chi connectivity index (χ1v) is 9.03.